The molecule has 3 aromatic rings. The van der Waals surface area contributed by atoms with Crippen molar-refractivity contribution in [1.82, 2.24) is 19.7 Å². The lowest BCUT2D eigenvalue weighted by atomic mass is 9.97. The van der Waals surface area contributed by atoms with Crippen molar-refractivity contribution >= 4 is 17.2 Å². The number of benzene rings is 1. The van der Waals surface area contributed by atoms with Gasteiger partial charge < -0.3 is 14.4 Å². The van der Waals surface area contributed by atoms with Gasteiger partial charge >= 0.3 is 0 Å². The number of fused-ring (bicyclic) bond motifs is 1. The van der Waals surface area contributed by atoms with Gasteiger partial charge in [0.1, 0.15) is 23.6 Å². The van der Waals surface area contributed by atoms with Gasteiger partial charge in [-0.25, -0.2) is 22.5 Å². The molecule has 1 fully saturated rings. The number of hydrogen-bond donors (Lipinski definition) is 0. The van der Waals surface area contributed by atoms with Crippen LogP contribution < -0.4 is 0 Å². The molecule has 5 rings (SSSR count). The van der Waals surface area contributed by atoms with E-state index in [0.29, 0.717) is 55.6 Å². The van der Waals surface area contributed by atoms with E-state index in [-0.39, 0.29) is 5.92 Å². The smallest absolute Gasteiger partial charge is 0.282 e. The normalized spacial score (nSPS) is 17.6. The second-order valence-corrected chi connectivity index (χ2v) is 9.63. The molecular weight excluding hydrogens is 500 g/mol. The van der Waals surface area contributed by atoms with Crippen LogP contribution in [0.3, 0.4) is 0 Å². The van der Waals surface area contributed by atoms with Crippen molar-refractivity contribution in [3.63, 3.8) is 0 Å². The van der Waals surface area contributed by atoms with Crippen molar-refractivity contribution in [2.24, 2.45) is 0 Å². The van der Waals surface area contributed by atoms with Crippen molar-refractivity contribution < 1.29 is 31.8 Å². The van der Waals surface area contributed by atoms with Crippen LogP contribution in [-0.2, 0) is 34.0 Å². The first-order valence-electron chi connectivity index (χ1n) is 11.6. The Bertz CT molecular complexity index is 1180. The largest absolute Gasteiger partial charge is 0.342 e. The number of likely N-dealkylation sites (tertiary alicyclic amines) is 1. The molecule has 0 spiro atoms. The number of amides is 1. The van der Waals surface area contributed by atoms with E-state index in [9.17, 15) is 22.4 Å². The first kappa shape index (κ1) is 24.8. The van der Waals surface area contributed by atoms with Crippen molar-refractivity contribution in [2.45, 2.75) is 57.7 Å². The Hall–Kier alpha value is -2.83. The third-order valence-corrected chi connectivity index (χ3v) is 7.46. The summed E-state index contributed by atoms with van der Waals surface area (Å²) in [5.74, 6) is -0.290. The number of rotatable bonds is 6. The molecule has 0 bridgehead atoms. The van der Waals surface area contributed by atoms with Crippen LogP contribution in [0.4, 0.5) is 17.6 Å². The number of alkyl halides is 4. The molecule has 1 saturated heterocycles. The first-order valence-corrected chi connectivity index (χ1v) is 12.4. The van der Waals surface area contributed by atoms with Gasteiger partial charge in [0.15, 0.2) is 0 Å². The van der Waals surface area contributed by atoms with E-state index in [2.05, 4.69) is 5.10 Å². The van der Waals surface area contributed by atoms with Gasteiger partial charge in [0, 0.05) is 24.4 Å². The Morgan fingerprint density at radius 1 is 1.06 bits per heavy atom. The summed E-state index contributed by atoms with van der Waals surface area (Å²) in [6, 6.07) is 8.61. The van der Waals surface area contributed by atoms with Gasteiger partial charge in [-0.1, -0.05) is 24.3 Å². The molecular formula is C24H24F4N4O3S. The Morgan fingerprint density at radius 2 is 1.72 bits per heavy atom. The van der Waals surface area contributed by atoms with Crippen LogP contribution in [0.5, 0.6) is 0 Å². The maximum atomic E-state index is 13.2. The van der Waals surface area contributed by atoms with E-state index in [0.717, 1.165) is 16.1 Å². The number of piperidine rings is 1. The molecule has 2 aliphatic heterocycles. The predicted octanol–water partition coefficient (Wildman–Crippen LogP) is 5.37. The number of carbonyl (C=O) groups is 1. The first-order chi connectivity index (χ1) is 17.4. The third-order valence-electron chi connectivity index (χ3n) is 6.44. The topological polar surface area (TPSA) is 69.5 Å². The second-order valence-electron chi connectivity index (χ2n) is 8.74. The lowest BCUT2D eigenvalue weighted by molar-refractivity contribution is -0.155. The average molecular weight is 525 g/mol. The minimum atomic E-state index is -3.00. The van der Waals surface area contributed by atoms with E-state index in [1.165, 1.54) is 11.3 Å². The van der Waals surface area contributed by atoms with Crippen LogP contribution in [0.15, 0.2) is 35.7 Å². The fraction of sp³-hybridized carbons (Fsp3) is 0.458. The Balaban J connectivity index is 1.17. The van der Waals surface area contributed by atoms with E-state index in [4.69, 9.17) is 14.5 Å². The Morgan fingerprint density at radius 3 is 2.33 bits per heavy atom. The number of thiazole rings is 1. The summed E-state index contributed by atoms with van der Waals surface area (Å²) < 4.78 is 64.7. The molecule has 192 valence electrons. The fourth-order valence-electron chi connectivity index (χ4n) is 4.45. The zero-order chi connectivity index (χ0) is 25.2. The Kier molecular flexibility index (Phi) is 7.35. The van der Waals surface area contributed by atoms with Gasteiger partial charge in [-0.3, -0.25) is 9.48 Å². The van der Waals surface area contributed by atoms with E-state index in [1.807, 2.05) is 29.6 Å². The highest BCUT2D eigenvalue weighted by atomic mass is 32.1. The summed E-state index contributed by atoms with van der Waals surface area (Å²) >= 11 is 1.52. The highest BCUT2D eigenvalue weighted by molar-refractivity contribution is 7.09. The monoisotopic (exact) mass is 524 g/mol. The van der Waals surface area contributed by atoms with Gasteiger partial charge in [-0.05, 0) is 30.0 Å². The molecule has 0 N–H and O–H groups in total. The summed E-state index contributed by atoms with van der Waals surface area (Å²) in [4.78, 5) is 19.0. The molecule has 0 atom stereocenters. The molecule has 2 aliphatic rings. The third kappa shape index (κ3) is 5.30. The van der Waals surface area contributed by atoms with Gasteiger partial charge in [-0.2, -0.15) is 5.10 Å². The predicted molar refractivity (Wildman–Crippen MR) is 122 cm³/mol. The number of carbonyl (C=O) groups excluding carboxylic acids is 1. The summed E-state index contributed by atoms with van der Waals surface area (Å²) in [6.45, 7) is 1.21. The molecule has 1 aromatic carbocycles. The fourth-order valence-corrected chi connectivity index (χ4v) is 5.44. The van der Waals surface area contributed by atoms with Gasteiger partial charge in [0.05, 0.1) is 18.2 Å². The highest BCUT2D eigenvalue weighted by Crippen LogP contribution is 2.34. The number of hydrogen-bond acceptors (Lipinski definition) is 6. The van der Waals surface area contributed by atoms with Crippen molar-refractivity contribution in [3.05, 3.63) is 68.9 Å². The lowest BCUT2D eigenvalue weighted by Crippen LogP contribution is -2.40. The SMILES string of the molecule is O=C(Cn1nc(C(F)F)cc1C(F)F)N1CCC(c2nc(C3OCc4ccccc4CO3)cs2)CC1. The number of aromatic nitrogens is 3. The van der Waals surface area contributed by atoms with E-state index in [1.54, 1.807) is 4.90 Å². The summed E-state index contributed by atoms with van der Waals surface area (Å²) in [5.41, 5.74) is 1.45. The summed E-state index contributed by atoms with van der Waals surface area (Å²) in [7, 11) is 0. The quantitative estimate of drug-likeness (QED) is 0.406. The minimum Gasteiger partial charge on any atom is -0.342 e. The molecule has 0 saturated carbocycles. The zero-order valence-electron chi connectivity index (χ0n) is 19.2. The van der Waals surface area contributed by atoms with E-state index >= 15 is 0 Å². The Labute approximate surface area is 208 Å². The minimum absolute atomic E-state index is 0.141. The average Bonchev–Trinajstić information content (AvgIpc) is 3.48. The molecule has 0 aliphatic carbocycles. The highest BCUT2D eigenvalue weighted by Gasteiger charge is 2.29. The molecule has 1 amide bonds. The maximum absolute atomic E-state index is 13.2. The second kappa shape index (κ2) is 10.7. The molecule has 2 aromatic heterocycles. The van der Waals surface area contributed by atoms with Crippen LogP contribution in [0, 0.1) is 0 Å². The molecule has 7 nitrogen and oxygen atoms in total. The van der Waals surface area contributed by atoms with Crippen LogP contribution in [0.25, 0.3) is 0 Å². The van der Waals surface area contributed by atoms with Crippen molar-refractivity contribution in [3.8, 4) is 0 Å². The van der Waals surface area contributed by atoms with E-state index < -0.39 is 43.0 Å². The van der Waals surface area contributed by atoms with Gasteiger partial charge in [0.2, 0.25) is 12.2 Å². The number of nitrogens with zero attached hydrogens (tertiary/aromatic N) is 4. The van der Waals surface area contributed by atoms with Gasteiger partial charge in [0.25, 0.3) is 12.9 Å². The molecule has 4 heterocycles. The summed E-state index contributed by atoms with van der Waals surface area (Å²) in [6.07, 6.45) is -5.24. The molecule has 12 heteroatoms. The van der Waals surface area contributed by atoms with Crippen LogP contribution in [0.1, 0.15) is 71.1 Å². The number of ether oxygens (including phenoxy) is 2. The van der Waals surface area contributed by atoms with Gasteiger partial charge in [-0.15, -0.1) is 11.3 Å². The summed E-state index contributed by atoms with van der Waals surface area (Å²) in [5, 5.41) is 6.36. The molecule has 0 radical (unpaired) electrons. The standard InChI is InChI=1S/C24H24F4N4O3S/c25-21(26)17-9-19(22(27)28)32(30-17)10-20(33)31-7-5-14(6-8-31)23-29-18(13-36-23)24-34-11-15-3-1-2-4-16(15)12-35-24/h1-4,9,13-14,21-22,24H,5-8,10-12H2. The van der Waals surface area contributed by atoms with Crippen molar-refractivity contribution in [2.75, 3.05) is 13.1 Å². The molecule has 0 unspecified atom stereocenters. The van der Waals surface area contributed by atoms with Crippen LogP contribution in [-0.4, -0.2) is 38.7 Å². The lowest BCUT2D eigenvalue weighted by Gasteiger charge is -2.31. The van der Waals surface area contributed by atoms with Crippen LogP contribution >= 0.6 is 11.3 Å². The molecule has 36 heavy (non-hydrogen) atoms. The number of halogens is 4. The van der Waals surface area contributed by atoms with Crippen molar-refractivity contribution in [1.29, 1.82) is 0 Å². The van der Waals surface area contributed by atoms with Crippen LogP contribution in [0.2, 0.25) is 0 Å². The maximum Gasteiger partial charge on any atom is 0.282 e. The zero-order valence-corrected chi connectivity index (χ0v) is 20.0.